The van der Waals surface area contributed by atoms with E-state index in [1.165, 1.54) is 25.7 Å². The molecule has 0 bridgehead atoms. The first-order chi connectivity index (χ1) is 13.2. The molecule has 4 rings (SSSR count). The van der Waals surface area contributed by atoms with E-state index in [0.717, 1.165) is 62.4 Å². The first-order valence-electron chi connectivity index (χ1n) is 10.7. The standard InChI is InChI=1S/C21H33N5O/c1-16-6-10-26(11-7-16)20-5-2-17(14-22-20)15-23-21(27)24-18-8-12-25(13-9-18)19-3-4-19/h2,5,14,16,18-19H,3-4,6-13,15H2,1H3,(H2,23,24,27). The number of carbonyl (C=O) groups excluding carboxylic acids is 1. The van der Waals surface area contributed by atoms with Crippen LogP contribution in [0.2, 0.25) is 0 Å². The third-order valence-electron chi connectivity index (χ3n) is 6.30. The van der Waals surface area contributed by atoms with Gasteiger partial charge in [-0.1, -0.05) is 13.0 Å². The highest BCUT2D eigenvalue weighted by molar-refractivity contribution is 5.74. The van der Waals surface area contributed by atoms with Crippen LogP contribution in [0.15, 0.2) is 18.3 Å². The van der Waals surface area contributed by atoms with Gasteiger partial charge in [-0.25, -0.2) is 9.78 Å². The van der Waals surface area contributed by atoms with Gasteiger partial charge in [0.15, 0.2) is 0 Å². The van der Waals surface area contributed by atoms with Crippen molar-refractivity contribution in [2.75, 3.05) is 31.1 Å². The van der Waals surface area contributed by atoms with Gasteiger partial charge in [0, 0.05) is 51.0 Å². The average molecular weight is 372 g/mol. The minimum atomic E-state index is -0.0611. The van der Waals surface area contributed by atoms with Gasteiger partial charge in [-0.05, 0) is 56.1 Å². The highest BCUT2D eigenvalue weighted by Gasteiger charge is 2.32. The van der Waals surface area contributed by atoms with Crippen molar-refractivity contribution < 1.29 is 4.79 Å². The number of aromatic nitrogens is 1. The van der Waals surface area contributed by atoms with Crippen LogP contribution >= 0.6 is 0 Å². The fourth-order valence-corrected chi connectivity index (χ4v) is 4.21. The third kappa shape index (κ3) is 5.12. The first-order valence-corrected chi connectivity index (χ1v) is 10.7. The van der Waals surface area contributed by atoms with E-state index in [2.05, 4.69) is 44.5 Å². The molecule has 3 heterocycles. The zero-order valence-corrected chi connectivity index (χ0v) is 16.5. The Balaban J connectivity index is 1.17. The van der Waals surface area contributed by atoms with Gasteiger partial charge in [0.05, 0.1) is 0 Å². The summed E-state index contributed by atoms with van der Waals surface area (Å²) < 4.78 is 0. The molecule has 1 saturated carbocycles. The van der Waals surface area contributed by atoms with Crippen molar-refractivity contribution in [1.82, 2.24) is 20.5 Å². The number of likely N-dealkylation sites (tertiary alicyclic amines) is 1. The molecule has 6 nitrogen and oxygen atoms in total. The molecule has 6 heteroatoms. The topological polar surface area (TPSA) is 60.5 Å². The molecule has 0 unspecified atom stereocenters. The van der Waals surface area contributed by atoms with Crippen LogP contribution in [-0.4, -0.2) is 54.2 Å². The van der Waals surface area contributed by atoms with Crippen molar-refractivity contribution >= 4 is 11.8 Å². The molecule has 2 N–H and O–H groups in total. The lowest BCUT2D eigenvalue weighted by Crippen LogP contribution is -2.48. The third-order valence-corrected chi connectivity index (χ3v) is 6.30. The molecule has 3 aliphatic rings. The normalized spacial score (nSPS) is 22.6. The van der Waals surface area contributed by atoms with Gasteiger partial charge >= 0.3 is 6.03 Å². The number of nitrogens with one attached hydrogen (secondary N) is 2. The van der Waals surface area contributed by atoms with Crippen LogP contribution in [0.3, 0.4) is 0 Å². The zero-order chi connectivity index (χ0) is 18.6. The zero-order valence-electron chi connectivity index (χ0n) is 16.5. The second-order valence-electron chi connectivity index (χ2n) is 8.56. The van der Waals surface area contributed by atoms with Gasteiger partial charge in [-0.15, -0.1) is 0 Å². The number of urea groups is 1. The largest absolute Gasteiger partial charge is 0.357 e. The van der Waals surface area contributed by atoms with E-state index in [4.69, 9.17) is 0 Å². The summed E-state index contributed by atoms with van der Waals surface area (Å²) in [6.07, 6.45) is 9.23. The predicted molar refractivity (Wildman–Crippen MR) is 108 cm³/mol. The molecule has 1 aromatic heterocycles. The molecular weight excluding hydrogens is 338 g/mol. The molecule has 3 fully saturated rings. The second kappa shape index (κ2) is 8.46. The Bertz CT molecular complexity index is 614. The Morgan fingerprint density at radius 3 is 2.44 bits per heavy atom. The van der Waals surface area contributed by atoms with Crippen molar-refractivity contribution in [2.45, 2.75) is 64.1 Å². The molecule has 2 saturated heterocycles. The van der Waals surface area contributed by atoms with Crippen LogP contribution in [0.1, 0.15) is 51.0 Å². The lowest BCUT2D eigenvalue weighted by atomic mass is 9.99. The molecule has 2 amide bonds. The number of hydrogen-bond acceptors (Lipinski definition) is 4. The number of carbonyl (C=O) groups is 1. The lowest BCUT2D eigenvalue weighted by molar-refractivity contribution is 0.186. The summed E-state index contributed by atoms with van der Waals surface area (Å²) in [5.74, 6) is 1.88. The van der Waals surface area contributed by atoms with Gasteiger partial charge in [0.2, 0.25) is 0 Å². The molecular formula is C21H33N5O. The molecule has 0 spiro atoms. The molecule has 0 atom stereocenters. The van der Waals surface area contributed by atoms with E-state index in [0.29, 0.717) is 12.6 Å². The van der Waals surface area contributed by atoms with Gasteiger partial charge in [0.1, 0.15) is 5.82 Å². The van der Waals surface area contributed by atoms with Crippen LogP contribution < -0.4 is 15.5 Å². The van der Waals surface area contributed by atoms with Crippen molar-refractivity contribution in [2.24, 2.45) is 5.92 Å². The maximum atomic E-state index is 12.2. The predicted octanol–water partition coefficient (Wildman–Crippen LogP) is 2.74. The number of amides is 2. The van der Waals surface area contributed by atoms with E-state index in [1.807, 2.05) is 6.20 Å². The minimum absolute atomic E-state index is 0.0611. The lowest BCUT2D eigenvalue weighted by Gasteiger charge is -2.32. The quantitative estimate of drug-likeness (QED) is 0.836. The number of anilines is 1. The fraction of sp³-hybridized carbons (Fsp3) is 0.714. The summed E-state index contributed by atoms with van der Waals surface area (Å²) in [5.41, 5.74) is 1.04. The Kier molecular flexibility index (Phi) is 5.81. The monoisotopic (exact) mass is 371 g/mol. The Morgan fingerprint density at radius 1 is 1.07 bits per heavy atom. The van der Waals surface area contributed by atoms with Crippen LogP contribution in [-0.2, 0) is 6.54 Å². The number of pyridine rings is 1. The van der Waals surface area contributed by atoms with Crippen molar-refractivity contribution in [1.29, 1.82) is 0 Å². The van der Waals surface area contributed by atoms with Gasteiger partial charge in [-0.3, -0.25) is 0 Å². The Hall–Kier alpha value is -1.82. The highest BCUT2D eigenvalue weighted by atomic mass is 16.2. The van der Waals surface area contributed by atoms with E-state index in [-0.39, 0.29) is 6.03 Å². The molecule has 27 heavy (non-hydrogen) atoms. The van der Waals surface area contributed by atoms with Gasteiger partial charge in [0.25, 0.3) is 0 Å². The molecule has 2 aliphatic heterocycles. The van der Waals surface area contributed by atoms with E-state index < -0.39 is 0 Å². The number of piperidine rings is 2. The van der Waals surface area contributed by atoms with Crippen LogP contribution in [0.25, 0.3) is 0 Å². The summed E-state index contributed by atoms with van der Waals surface area (Å²) in [7, 11) is 0. The SMILES string of the molecule is CC1CCN(c2ccc(CNC(=O)NC3CCN(C4CC4)CC3)cn2)CC1. The molecule has 1 aliphatic carbocycles. The second-order valence-corrected chi connectivity index (χ2v) is 8.56. The molecule has 0 aromatic carbocycles. The van der Waals surface area contributed by atoms with E-state index in [1.54, 1.807) is 0 Å². The van der Waals surface area contributed by atoms with Gasteiger partial charge in [-0.2, -0.15) is 0 Å². The van der Waals surface area contributed by atoms with Crippen molar-refractivity contribution in [3.63, 3.8) is 0 Å². The number of rotatable bonds is 5. The van der Waals surface area contributed by atoms with Crippen LogP contribution in [0, 0.1) is 5.92 Å². The molecule has 148 valence electrons. The summed E-state index contributed by atoms with van der Waals surface area (Å²) in [5, 5.41) is 6.11. The Labute approximate surface area is 162 Å². The highest BCUT2D eigenvalue weighted by Crippen LogP contribution is 2.29. The summed E-state index contributed by atoms with van der Waals surface area (Å²) in [6.45, 7) is 7.27. The van der Waals surface area contributed by atoms with Gasteiger partial charge < -0.3 is 20.4 Å². The maximum Gasteiger partial charge on any atom is 0.315 e. The molecule has 1 aromatic rings. The van der Waals surface area contributed by atoms with Crippen molar-refractivity contribution in [3.05, 3.63) is 23.9 Å². The first kappa shape index (κ1) is 18.5. The van der Waals surface area contributed by atoms with E-state index in [9.17, 15) is 4.79 Å². The summed E-state index contributed by atoms with van der Waals surface area (Å²) >= 11 is 0. The fourth-order valence-electron chi connectivity index (χ4n) is 4.21. The summed E-state index contributed by atoms with van der Waals surface area (Å²) in [4.78, 5) is 21.7. The molecule has 0 radical (unpaired) electrons. The van der Waals surface area contributed by atoms with Crippen molar-refractivity contribution in [3.8, 4) is 0 Å². The number of hydrogen-bond donors (Lipinski definition) is 2. The van der Waals surface area contributed by atoms with Crippen LogP contribution in [0.5, 0.6) is 0 Å². The van der Waals surface area contributed by atoms with Crippen LogP contribution in [0.4, 0.5) is 10.6 Å². The maximum absolute atomic E-state index is 12.2. The smallest absolute Gasteiger partial charge is 0.315 e. The Morgan fingerprint density at radius 2 is 1.81 bits per heavy atom. The van der Waals surface area contributed by atoms with E-state index >= 15 is 0 Å². The average Bonchev–Trinajstić information content (AvgIpc) is 3.53. The number of nitrogens with zero attached hydrogens (tertiary/aromatic N) is 3. The summed E-state index contributed by atoms with van der Waals surface area (Å²) in [6, 6.07) is 5.24. The minimum Gasteiger partial charge on any atom is -0.357 e.